The molecule has 0 fully saturated rings. The van der Waals surface area contributed by atoms with Crippen molar-refractivity contribution in [1.29, 1.82) is 0 Å². The number of carbonyl (C=O) groups is 1. The van der Waals surface area contributed by atoms with Gasteiger partial charge < -0.3 is 15.4 Å². The second-order valence-electron chi connectivity index (χ2n) is 5.01. The van der Waals surface area contributed by atoms with E-state index < -0.39 is 5.76 Å². The molecule has 128 valence electrons. The van der Waals surface area contributed by atoms with E-state index in [-0.39, 0.29) is 12.5 Å². The van der Waals surface area contributed by atoms with Gasteiger partial charge in [0.05, 0.1) is 19.3 Å². The first-order valence-electron chi connectivity index (χ1n) is 7.21. The number of nitrogens with one attached hydrogen (secondary N) is 2. The lowest BCUT2D eigenvalue weighted by atomic mass is 10.2. The Balaban J connectivity index is 1.90. The first-order valence-corrected chi connectivity index (χ1v) is 8.09. The molecular formula is C17H18F2N2O2S. The molecule has 24 heavy (non-hydrogen) atoms. The van der Waals surface area contributed by atoms with Gasteiger partial charge in [0.2, 0.25) is 5.91 Å². The van der Waals surface area contributed by atoms with Crippen molar-refractivity contribution in [1.82, 2.24) is 0 Å². The fourth-order valence-electron chi connectivity index (χ4n) is 2.06. The van der Waals surface area contributed by atoms with E-state index >= 15 is 0 Å². The summed E-state index contributed by atoms with van der Waals surface area (Å²) in [5, 5.41) is 5.73. The number of carbonyl (C=O) groups excluding carboxylic acids is 1. The van der Waals surface area contributed by atoms with Crippen LogP contribution in [0.5, 0.6) is 5.75 Å². The van der Waals surface area contributed by atoms with Crippen molar-refractivity contribution in [2.24, 2.45) is 0 Å². The fraction of sp³-hybridized carbons (Fsp3) is 0.235. The van der Waals surface area contributed by atoms with Crippen LogP contribution in [0.25, 0.3) is 0 Å². The summed E-state index contributed by atoms with van der Waals surface area (Å²) in [7, 11) is 1.56. The van der Waals surface area contributed by atoms with Gasteiger partial charge in [0, 0.05) is 10.6 Å². The highest BCUT2D eigenvalue weighted by molar-refractivity contribution is 7.99. The molecule has 7 heteroatoms. The Kier molecular flexibility index (Phi) is 6.43. The lowest BCUT2D eigenvalue weighted by Gasteiger charge is -2.12. The third-order valence-corrected chi connectivity index (χ3v) is 3.88. The summed E-state index contributed by atoms with van der Waals surface area (Å²) in [5.41, 5.74) is 2.33. The van der Waals surface area contributed by atoms with Crippen LogP contribution in [-0.2, 0) is 4.79 Å². The summed E-state index contributed by atoms with van der Waals surface area (Å²) in [6.45, 7) is 2.01. The molecule has 0 atom stereocenters. The van der Waals surface area contributed by atoms with Crippen LogP contribution >= 0.6 is 11.8 Å². The fourth-order valence-corrected chi connectivity index (χ4v) is 2.56. The van der Waals surface area contributed by atoms with Crippen LogP contribution < -0.4 is 15.4 Å². The van der Waals surface area contributed by atoms with E-state index in [1.807, 2.05) is 25.1 Å². The summed E-state index contributed by atoms with van der Waals surface area (Å²) in [6, 6.07) is 11.9. The minimum Gasteiger partial charge on any atom is -0.495 e. The number of benzene rings is 2. The van der Waals surface area contributed by atoms with E-state index in [1.54, 1.807) is 31.4 Å². The van der Waals surface area contributed by atoms with Gasteiger partial charge in [-0.3, -0.25) is 4.79 Å². The van der Waals surface area contributed by atoms with Crippen LogP contribution in [0.15, 0.2) is 47.4 Å². The van der Waals surface area contributed by atoms with Crippen molar-refractivity contribution in [3.8, 4) is 5.75 Å². The zero-order valence-electron chi connectivity index (χ0n) is 13.3. The van der Waals surface area contributed by atoms with Gasteiger partial charge >= 0.3 is 0 Å². The SMILES string of the molecule is COc1ccc(C)cc1NCC(=O)Nc1ccc(SC(F)F)cc1. The molecule has 0 aromatic heterocycles. The van der Waals surface area contributed by atoms with E-state index in [9.17, 15) is 13.6 Å². The number of aryl methyl sites for hydroxylation is 1. The minimum atomic E-state index is -2.46. The predicted octanol–water partition coefficient (Wildman–Crippen LogP) is 4.37. The van der Waals surface area contributed by atoms with Crippen LogP contribution in [-0.4, -0.2) is 25.3 Å². The number of anilines is 2. The largest absolute Gasteiger partial charge is 0.495 e. The minimum absolute atomic E-state index is 0.0628. The Hall–Kier alpha value is -2.28. The summed E-state index contributed by atoms with van der Waals surface area (Å²) in [5.74, 6) is -2.05. The quantitative estimate of drug-likeness (QED) is 0.727. The molecule has 4 nitrogen and oxygen atoms in total. The second kappa shape index (κ2) is 8.54. The van der Waals surface area contributed by atoms with Crippen LogP contribution in [0, 0.1) is 6.92 Å². The summed E-state index contributed by atoms with van der Waals surface area (Å²) in [6.07, 6.45) is 0. The van der Waals surface area contributed by atoms with E-state index in [4.69, 9.17) is 4.74 Å². The lowest BCUT2D eigenvalue weighted by Crippen LogP contribution is -2.22. The third kappa shape index (κ3) is 5.42. The van der Waals surface area contributed by atoms with Gasteiger partial charge in [0.25, 0.3) is 5.76 Å². The smallest absolute Gasteiger partial charge is 0.288 e. The van der Waals surface area contributed by atoms with Gasteiger partial charge in [0.15, 0.2) is 0 Å². The van der Waals surface area contributed by atoms with E-state index in [2.05, 4.69) is 10.6 Å². The maximum atomic E-state index is 12.3. The van der Waals surface area contributed by atoms with E-state index in [1.165, 1.54) is 0 Å². The Labute approximate surface area is 143 Å². The van der Waals surface area contributed by atoms with Gasteiger partial charge in [-0.1, -0.05) is 17.8 Å². The number of halogens is 2. The first kappa shape index (κ1) is 18.1. The van der Waals surface area contributed by atoms with Gasteiger partial charge in [-0.15, -0.1) is 0 Å². The number of thioether (sulfide) groups is 1. The molecule has 2 N–H and O–H groups in total. The highest BCUT2D eigenvalue weighted by Crippen LogP contribution is 2.26. The van der Waals surface area contributed by atoms with Crippen molar-refractivity contribution in [3.05, 3.63) is 48.0 Å². The number of hydrogen-bond acceptors (Lipinski definition) is 4. The van der Waals surface area contributed by atoms with Crippen molar-refractivity contribution in [3.63, 3.8) is 0 Å². The zero-order chi connectivity index (χ0) is 17.5. The Morgan fingerprint density at radius 1 is 1.21 bits per heavy atom. The standard InChI is InChI=1S/C17H18F2N2O2S/c1-11-3-8-15(23-2)14(9-11)20-10-16(22)21-12-4-6-13(7-5-12)24-17(18)19/h3-9,17,20H,10H2,1-2H3,(H,21,22). The molecule has 2 aromatic rings. The van der Waals surface area contributed by atoms with Crippen molar-refractivity contribution in [2.45, 2.75) is 17.6 Å². The number of ether oxygens (including phenoxy) is 1. The zero-order valence-corrected chi connectivity index (χ0v) is 14.1. The highest BCUT2D eigenvalue weighted by Gasteiger charge is 2.08. The average molecular weight is 352 g/mol. The van der Waals surface area contributed by atoms with E-state index in [0.717, 1.165) is 11.3 Å². The van der Waals surface area contributed by atoms with E-state index in [0.29, 0.717) is 28.1 Å². The molecule has 1 amide bonds. The number of hydrogen-bond donors (Lipinski definition) is 2. The molecule has 0 saturated carbocycles. The molecular weight excluding hydrogens is 334 g/mol. The normalized spacial score (nSPS) is 10.5. The number of rotatable bonds is 7. The highest BCUT2D eigenvalue weighted by atomic mass is 32.2. The maximum absolute atomic E-state index is 12.3. The summed E-state index contributed by atoms with van der Waals surface area (Å²) in [4.78, 5) is 12.4. The Bertz CT molecular complexity index is 693. The van der Waals surface area contributed by atoms with Crippen molar-refractivity contribution >= 4 is 29.0 Å². The van der Waals surface area contributed by atoms with Crippen LogP contribution in [0.4, 0.5) is 20.2 Å². The molecule has 0 saturated heterocycles. The maximum Gasteiger partial charge on any atom is 0.288 e. The van der Waals surface area contributed by atoms with Crippen molar-refractivity contribution in [2.75, 3.05) is 24.3 Å². The topological polar surface area (TPSA) is 50.4 Å². The molecule has 2 rings (SSSR count). The van der Waals surface area contributed by atoms with Gasteiger partial charge in [-0.25, -0.2) is 0 Å². The third-order valence-electron chi connectivity index (χ3n) is 3.16. The predicted molar refractivity (Wildman–Crippen MR) is 93.2 cm³/mol. The molecule has 0 heterocycles. The lowest BCUT2D eigenvalue weighted by molar-refractivity contribution is -0.114. The Morgan fingerprint density at radius 3 is 2.54 bits per heavy atom. The molecule has 0 aliphatic rings. The van der Waals surface area contributed by atoms with Crippen molar-refractivity contribution < 1.29 is 18.3 Å². The average Bonchev–Trinajstić information content (AvgIpc) is 2.54. The van der Waals surface area contributed by atoms with Gasteiger partial charge in [-0.2, -0.15) is 8.78 Å². The van der Waals surface area contributed by atoms with Crippen LogP contribution in [0.3, 0.4) is 0 Å². The summed E-state index contributed by atoms with van der Waals surface area (Å²) < 4.78 is 29.8. The molecule has 0 radical (unpaired) electrons. The van der Waals surface area contributed by atoms with Crippen LogP contribution in [0.1, 0.15) is 5.56 Å². The first-order chi connectivity index (χ1) is 11.5. The number of methoxy groups -OCH3 is 1. The molecule has 0 bridgehead atoms. The second-order valence-corrected chi connectivity index (χ2v) is 6.07. The molecule has 0 aliphatic carbocycles. The Morgan fingerprint density at radius 2 is 1.92 bits per heavy atom. The number of alkyl halides is 2. The molecule has 0 aliphatic heterocycles. The monoisotopic (exact) mass is 352 g/mol. The van der Waals surface area contributed by atoms with Crippen LogP contribution in [0.2, 0.25) is 0 Å². The van der Waals surface area contributed by atoms with Gasteiger partial charge in [0.1, 0.15) is 5.75 Å². The molecule has 0 unspecified atom stereocenters. The molecule has 0 spiro atoms. The summed E-state index contributed by atoms with van der Waals surface area (Å²) >= 11 is 0.467. The molecule has 2 aromatic carbocycles. The number of amides is 1. The van der Waals surface area contributed by atoms with Gasteiger partial charge in [-0.05, 0) is 48.9 Å².